The number of piperidine rings is 1. The Balaban J connectivity index is 1.27. The number of benzene rings is 2. The first-order chi connectivity index (χ1) is 18.1. The van der Waals surface area contributed by atoms with Crippen LogP contribution in [0.4, 0.5) is 0 Å². The van der Waals surface area contributed by atoms with Crippen molar-refractivity contribution in [2.75, 3.05) is 13.1 Å². The van der Waals surface area contributed by atoms with Crippen LogP contribution < -0.4 is 11.0 Å². The van der Waals surface area contributed by atoms with Crippen LogP contribution >= 0.6 is 0 Å². The number of hydrogen-bond acceptors (Lipinski definition) is 5. The van der Waals surface area contributed by atoms with Crippen LogP contribution in [0.1, 0.15) is 49.8 Å². The van der Waals surface area contributed by atoms with Gasteiger partial charge in [-0.05, 0) is 48.5 Å². The summed E-state index contributed by atoms with van der Waals surface area (Å²) < 4.78 is 3.78. The maximum atomic E-state index is 12.8. The van der Waals surface area contributed by atoms with Crippen LogP contribution in [0.5, 0.6) is 0 Å². The molecule has 0 saturated carbocycles. The molecule has 6 rings (SSSR count). The van der Waals surface area contributed by atoms with Crippen LogP contribution in [0.2, 0.25) is 0 Å². The fourth-order valence-corrected chi connectivity index (χ4v) is 5.17. The lowest BCUT2D eigenvalue weighted by atomic mass is 9.97. The average molecular weight is 494 g/mol. The maximum absolute atomic E-state index is 12.8. The van der Waals surface area contributed by atoms with Crippen LogP contribution in [0.15, 0.2) is 71.9 Å². The standard InChI is InChI=1S/C29H31N7O/c1-19(2)24-5-3-4-6-25(24)27-31-16-26-28(34-27)35(29(37)33-26)17-20-7-9-21(10-8-20)22-15-32-36(18-22)23-11-13-30-14-12-23/h3-10,15-16,18-19,23,30H,11-14,17H2,1-2H3,(H,33,37). The summed E-state index contributed by atoms with van der Waals surface area (Å²) in [6.07, 6.45) is 7.99. The first-order valence-electron chi connectivity index (χ1n) is 13.0. The smallest absolute Gasteiger partial charge is 0.317 e. The molecule has 1 saturated heterocycles. The first kappa shape index (κ1) is 23.4. The second-order valence-corrected chi connectivity index (χ2v) is 10.1. The lowest BCUT2D eigenvalue weighted by Crippen LogP contribution is -2.29. The number of nitrogens with zero attached hydrogens (tertiary/aromatic N) is 5. The number of fused-ring (bicyclic) bond motifs is 1. The van der Waals surface area contributed by atoms with Gasteiger partial charge in [-0.25, -0.2) is 14.8 Å². The molecule has 2 aromatic carbocycles. The van der Waals surface area contributed by atoms with Gasteiger partial charge in [0.05, 0.1) is 25.0 Å². The number of aromatic nitrogens is 6. The summed E-state index contributed by atoms with van der Waals surface area (Å²) in [7, 11) is 0. The molecule has 0 atom stereocenters. The third kappa shape index (κ3) is 4.60. The number of nitrogens with one attached hydrogen (secondary N) is 2. The van der Waals surface area contributed by atoms with Crippen molar-refractivity contribution in [1.82, 2.24) is 34.6 Å². The third-order valence-electron chi connectivity index (χ3n) is 7.25. The quantitative estimate of drug-likeness (QED) is 0.356. The summed E-state index contributed by atoms with van der Waals surface area (Å²) in [5.74, 6) is 0.972. The molecule has 1 aliphatic rings. The Bertz CT molecular complexity index is 1590. The number of imidazole rings is 1. The van der Waals surface area contributed by atoms with Crippen LogP contribution in [0.3, 0.4) is 0 Å². The molecule has 1 fully saturated rings. The minimum Gasteiger partial charge on any atom is -0.317 e. The summed E-state index contributed by atoms with van der Waals surface area (Å²) in [4.78, 5) is 25.1. The molecule has 2 N–H and O–H groups in total. The van der Waals surface area contributed by atoms with E-state index in [2.05, 4.69) is 75.4 Å². The fourth-order valence-electron chi connectivity index (χ4n) is 5.17. The third-order valence-corrected chi connectivity index (χ3v) is 7.25. The summed E-state index contributed by atoms with van der Waals surface area (Å²) in [6, 6.07) is 17.0. The molecule has 0 spiro atoms. The van der Waals surface area contributed by atoms with Crippen molar-refractivity contribution in [2.45, 2.75) is 45.2 Å². The Morgan fingerprint density at radius 2 is 1.78 bits per heavy atom. The molecule has 8 nitrogen and oxygen atoms in total. The SMILES string of the molecule is CC(C)c1ccccc1-c1ncc2[nH]c(=O)n(Cc3ccc(-c4cnn(C5CCNCC5)c4)cc3)c2n1. The van der Waals surface area contributed by atoms with Crippen molar-refractivity contribution in [3.8, 4) is 22.5 Å². The van der Waals surface area contributed by atoms with Crippen molar-refractivity contribution in [1.29, 1.82) is 0 Å². The molecular weight excluding hydrogens is 462 g/mol. The first-order valence-corrected chi connectivity index (χ1v) is 13.0. The number of aromatic amines is 1. The minimum atomic E-state index is -0.189. The normalized spacial score (nSPS) is 14.6. The van der Waals surface area contributed by atoms with E-state index in [9.17, 15) is 4.79 Å². The average Bonchev–Trinajstić information content (AvgIpc) is 3.54. The molecule has 0 amide bonds. The Morgan fingerprint density at radius 1 is 1.00 bits per heavy atom. The Labute approximate surface area is 215 Å². The van der Waals surface area contributed by atoms with Gasteiger partial charge in [-0.15, -0.1) is 0 Å². The minimum absolute atomic E-state index is 0.189. The Morgan fingerprint density at radius 3 is 2.57 bits per heavy atom. The number of rotatable bonds is 6. The van der Waals surface area contributed by atoms with Gasteiger partial charge in [-0.1, -0.05) is 62.4 Å². The highest BCUT2D eigenvalue weighted by Gasteiger charge is 2.17. The van der Waals surface area contributed by atoms with Crippen molar-refractivity contribution in [3.63, 3.8) is 0 Å². The van der Waals surface area contributed by atoms with E-state index in [0.29, 0.717) is 35.5 Å². The van der Waals surface area contributed by atoms with E-state index >= 15 is 0 Å². The van der Waals surface area contributed by atoms with Crippen LogP contribution in [0, 0.1) is 0 Å². The van der Waals surface area contributed by atoms with Gasteiger partial charge in [0, 0.05) is 17.3 Å². The molecule has 0 radical (unpaired) electrons. The van der Waals surface area contributed by atoms with Gasteiger partial charge >= 0.3 is 5.69 Å². The van der Waals surface area contributed by atoms with Crippen LogP contribution in [-0.2, 0) is 6.54 Å². The summed E-state index contributed by atoms with van der Waals surface area (Å²) in [5.41, 5.74) is 6.49. The molecule has 0 aliphatic carbocycles. The summed E-state index contributed by atoms with van der Waals surface area (Å²) in [5, 5.41) is 8.03. The number of H-pyrrole nitrogens is 1. The number of hydrogen-bond donors (Lipinski definition) is 2. The molecule has 5 aromatic rings. The highest BCUT2D eigenvalue weighted by molar-refractivity contribution is 5.74. The lowest BCUT2D eigenvalue weighted by molar-refractivity contribution is 0.343. The van der Waals surface area contributed by atoms with Crippen molar-refractivity contribution >= 4 is 11.2 Å². The molecule has 0 unspecified atom stereocenters. The van der Waals surface area contributed by atoms with Crippen molar-refractivity contribution < 1.29 is 0 Å². The Kier molecular flexibility index (Phi) is 6.18. The van der Waals surface area contributed by atoms with E-state index in [1.165, 1.54) is 5.56 Å². The molecule has 0 bridgehead atoms. The zero-order chi connectivity index (χ0) is 25.4. The fraction of sp³-hybridized carbons (Fsp3) is 0.310. The highest BCUT2D eigenvalue weighted by Crippen LogP contribution is 2.28. The second kappa shape index (κ2) is 9.78. The zero-order valence-electron chi connectivity index (χ0n) is 21.2. The maximum Gasteiger partial charge on any atom is 0.328 e. The van der Waals surface area contributed by atoms with E-state index in [-0.39, 0.29) is 5.69 Å². The van der Waals surface area contributed by atoms with Gasteiger partial charge in [0.2, 0.25) is 0 Å². The van der Waals surface area contributed by atoms with E-state index in [1.54, 1.807) is 10.8 Å². The molecule has 4 heterocycles. The predicted molar refractivity (Wildman–Crippen MR) is 146 cm³/mol. The molecule has 3 aromatic heterocycles. The molecule has 37 heavy (non-hydrogen) atoms. The van der Waals surface area contributed by atoms with Crippen molar-refractivity contribution in [2.24, 2.45) is 0 Å². The predicted octanol–water partition coefficient (Wildman–Crippen LogP) is 4.75. The molecule has 8 heteroatoms. The van der Waals surface area contributed by atoms with Gasteiger partial charge < -0.3 is 10.3 Å². The lowest BCUT2D eigenvalue weighted by Gasteiger charge is -2.22. The summed E-state index contributed by atoms with van der Waals surface area (Å²) >= 11 is 0. The molecule has 1 aliphatic heterocycles. The van der Waals surface area contributed by atoms with Gasteiger partial charge in [-0.3, -0.25) is 9.25 Å². The van der Waals surface area contributed by atoms with Gasteiger partial charge in [-0.2, -0.15) is 5.10 Å². The Hall–Kier alpha value is -4.04. The monoisotopic (exact) mass is 493 g/mol. The zero-order valence-corrected chi connectivity index (χ0v) is 21.2. The van der Waals surface area contributed by atoms with E-state index in [4.69, 9.17) is 4.98 Å². The largest absolute Gasteiger partial charge is 0.328 e. The van der Waals surface area contributed by atoms with Gasteiger partial charge in [0.1, 0.15) is 5.52 Å². The van der Waals surface area contributed by atoms with E-state index in [1.807, 2.05) is 24.4 Å². The van der Waals surface area contributed by atoms with E-state index in [0.717, 1.165) is 48.2 Å². The van der Waals surface area contributed by atoms with Crippen LogP contribution in [0.25, 0.3) is 33.7 Å². The topological polar surface area (TPSA) is 93.4 Å². The van der Waals surface area contributed by atoms with Gasteiger partial charge in [0.25, 0.3) is 0 Å². The summed E-state index contributed by atoms with van der Waals surface area (Å²) in [6.45, 7) is 6.82. The van der Waals surface area contributed by atoms with Crippen molar-refractivity contribution in [3.05, 3.63) is 88.7 Å². The van der Waals surface area contributed by atoms with Crippen LogP contribution in [-0.4, -0.2) is 42.4 Å². The second-order valence-electron chi connectivity index (χ2n) is 10.1. The molecular formula is C29H31N7O. The molecule has 188 valence electrons. The van der Waals surface area contributed by atoms with E-state index < -0.39 is 0 Å². The van der Waals surface area contributed by atoms with Gasteiger partial charge in [0.15, 0.2) is 11.5 Å². The highest BCUT2D eigenvalue weighted by atomic mass is 16.1.